The van der Waals surface area contributed by atoms with Crippen molar-refractivity contribution < 1.29 is 13.2 Å². The Bertz CT molecular complexity index is 122. The molecule has 1 nitrogen and oxygen atoms in total. The van der Waals surface area contributed by atoms with Crippen LogP contribution in [0.4, 0.5) is 13.2 Å². The van der Waals surface area contributed by atoms with Gasteiger partial charge >= 0.3 is 6.18 Å². The van der Waals surface area contributed by atoms with Gasteiger partial charge in [-0.1, -0.05) is 0 Å². The van der Waals surface area contributed by atoms with Gasteiger partial charge in [0.2, 0.25) is 0 Å². The number of unbranched alkanes of at least 4 members (excludes halogenated alkanes) is 2. The van der Waals surface area contributed by atoms with Gasteiger partial charge in [0.15, 0.2) is 0 Å². The van der Waals surface area contributed by atoms with E-state index in [2.05, 4.69) is 0 Å². The van der Waals surface area contributed by atoms with Crippen LogP contribution < -0.4 is 0 Å². The molecule has 0 saturated carbocycles. The predicted octanol–water partition coefficient (Wildman–Crippen LogP) is 2.63. The zero-order valence-electron chi connectivity index (χ0n) is 5.41. The molecule has 0 aliphatic rings. The molecule has 0 amide bonds. The summed E-state index contributed by atoms with van der Waals surface area (Å²) in [5, 5.41) is 7.96. The molecule has 0 aliphatic heterocycles. The third-order valence-electron chi connectivity index (χ3n) is 0.999. The Morgan fingerprint density at radius 1 is 1.20 bits per heavy atom. The van der Waals surface area contributed by atoms with Crippen LogP contribution in [0.3, 0.4) is 0 Å². The van der Waals surface area contributed by atoms with E-state index < -0.39 is 12.6 Å². The maximum Gasteiger partial charge on any atom is 0.389 e. The van der Waals surface area contributed by atoms with Crippen molar-refractivity contribution in [3.63, 3.8) is 0 Å². The summed E-state index contributed by atoms with van der Waals surface area (Å²) in [5.74, 6) is 0. The Balaban J connectivity index is 3.14. The summed E-state index contributed by atoms with van der Waals surface area (Å²) in [6, 6.07) is 1.79. The number of alkyl halides is 3. The summed E-state index contributed by atoms with van der Waals surface area (Å²) < 4.78 is 34.2. The number of halogens is 3. The lowest BCUT2D eigenvalue weighted by Gasteiger charge is -2.02. The van der Waals surface area contributed by atoms with Crippen molar-refractivity contribution in [3.8, 4) is 6.07 Å². The van der Waals surface area contributed by atoms with E-state index in [1.165, 1.54) is 0 Å². The van der Waals surface area contributed by atoms with Crippen LogP contribution in [0.1, 0.15) is 25.7 Å². The molecular weight excluding hydrogens is 143 g/mol. The molecule has 58 valence electrons. The maximum atomic E-state index is 11.4. The highest BCUT2D eigenvalue weighted by molar-refractivity contribution is 4.68. The first kappa shape index (κ1) is 9.28. The van der Waals surface area contributed by atoms with Crippen molar-refractivity contribution in [2.24, 2.45) is 0 Å². The average Bonchev–Trinajstić information content (AvgIpc) is 1.78. The Kier molecular flexibility index (Phi) is 3.85. The van der Waals surface area contributed by atoms with E-state index in [-0.39, 0.29) is 12.8 Å². The van der Waals surface area contributed by atoms with Gasteiger partial charge in [0, 0.05) is 12.8 Å². The van der Waals surface area contributed by atoms with Crippen LogP contribution in [-0.4, -0.2) is 6.18 Å². The topological polar surface area (TPSA) is 23.8 Å². The summed E-state index contributed by atoms with van der Waals surface area (Å²) in [4.78, 5) is 0. The Morgan fingerprint density at radius 2 is 1.80 bits per heavy atom. The van der Waals surface area contributed by atoms with Gasteiger partial charge in [-0.25, -0.2) is 0 Å². The zero-order chi connectivity index (χ0) is 8.04. The zero-order valence-corrected chi connectivity index (χ0v) is 5.41. The highest BCUT2D eigenvalue weighted by atomic mass is 19.4. The van der Waals surface area contributed by atoms with Gasteiger partial charge in [-0.2, -0.15) is 18.4 Å². The Hall–Kier alpha value is -0.720. The van der Waals surface area contributed by atoms with E-state index in [1.807, 2.05) is 0 Å². The number of rotatable bonds is 3. The third-order valence-corrected chi connectivity index (χ3v) is 0.999. The molecule has 0 rings (SSSR count). The molecule has 0 saturated heterocycles. The second kappa shape index (κ2) is 4.15. The molecule has 0 N–H and O–H groups in total. The van der Waals surface area contributed by atoms with Crippen LogP contribution in [0.15, 0.2) is 0 Å². The molecule has 0 heterocycles. The monoisotopic (exact) mass is 151 g/mol. The third kappa shape index (κ3) is 7.28. The summed E-state index contributed by atoms with van der Waals surface area (Å²) in [7, 11) is 0. The lowest BCUT2D eigenvalue weighted by molar-refractivity contribution is -0.135. The number of hydrogen-bond acceptors (Lipinski definition) is 1. The van der Waals surface area contributed by atoms with Crippen molar-refractivity contribution in [1.29, 1.82) is 5.26 Å². The molecule has 0 spiro atoms. The minimum absolute atomic E-state index is 0.0665. The molecule has 0 aromatic carbocycles. The molecule has 0 radical (unpaired) electrons. The van der Waals surface area contributed by atoms with Gasteiger partial charge in [0.25, 0.3) is 0 Å². The molecule has 0 fully saturated rings. The first-order valence-electron chi connectivity index (χ1n) is 3.00. The second-order valence-corrected chi connectivity index (χ2v) is 1.98. The highest BCUT2D eigenvalue weighted by Crippen LogP contribution is 2.22. The fourth-order valence-electron chi connectivity index (χ4n) is 0.530. The van der Waals surface area contributed by atoms with Crippen LogP contribution in [0, 0.1) is 11.3 Å². The minimum atomic E-state index is -4.06. The molecule has 4 heteroatoms. The van der Waals surface area contributed by atoms with Gasteiger partial charge in [0.05, 0.1) is 6.07 Å². The first-order valence-corrected chi connectivity index (χ1v) is 3.00. The van der Waals surface area contributed by atoms with Crippen LogP contribution in [0.2, 0.25) is 0 Å². The van der Waals surface area contributed by atoms with Crippen LogP contribution >= 0.6 is 0 Å². The van der Waals surface area contributed by atoms with Crippen molar-refractivity contribution in [2.75, 3.05) is 0 Å². The lowest BCUT2D eigenvalue weighted by atomic mass is 10.2. The van der Waals surface area contributed by atoms with Crippen molar-refractivity contribution in [3.05, 3.63) is 0 Å². The quantitative estimate of drug-likeness (QED) is 0.569. The largest absolute Gasteiger partial charge is 0.389 e. The van der Waals surface area contributed by atoms with E-state index in [1.54, 1.807) is 6.07 Å². The summed E-state index contributed by atoms with van der Waals surface area (Å²) >= 11 is 0. The average molecular weight is 151 g/mol. The number of nitrogens with zero attached hydrogens (tertiary/aromatic N) is 1. The minimum Gasteiger partial charge on any atom is -0.198 e. The summed E-state index contributed by atoms with van der Waals surface area (Å²) in [6.45, 7) is 0. The molecule has 10 heavy (non-hydrogen) atoms. The van der Waals surface area contributed by atoms with Crippen molar-refractivity contribution >= 4 is 0 Å². The maximum absolute atomic E-state index is 11.4. The predicted molar refractivity (Wildman–Crippen MR) is 30.1 cm³/mol. The van der Waals surface area contributed by atoms with Gasteiger partial charge < -0.3 is 0 Å². The van der Waals surface area contributed by atoms with E-state index in [4.69, 9.17) is 5.26 Å². The van der Waals surface area contributed by atoms with Crippen molar-refractivity contribution in [2.45, 2.75) is 31.9 Å². The van der Waals surface area contributed by atoms with E-state index in [0.29, 0.717) is 6.42 Å². The van der Waals surface area contributed by atoms with Gasteiger partial charge in [0.1, 0.15) is 0 Å². The first-order chi connectivity index (χ1) is 4.56. The molecule has 0 bridgehead atoms. The smallest absolute Gasteiger partial charge is 0.198 e. The fraction of sp³-hybridized carbons (Fsp3) is 0.833. The Morgan fingerprint density at radius 3 is 2.20 bits per heavy atom. The molecule has 0 aromatic heterocycles. The van der Waals surface area contributed by atoms with Gasteiger partial charge in [-0.05, 0) is 12.8 Å². The molecular formula is C6H8F3N. The Labute approximate surface area is 57.5 Å². The van der Waals surface area contributed by atoms with E-state index in [9.17, 15) is 13.2 Å². The molecule has 0 atom stereocenters. The van der Waals surface area contributed by atoms with E-state index in [0.717, 1.165) is 0 Å². The van der Waals surface area contributed by atoms with Crippen LogP contribution in [0.5, 0.6) is 0 Å². The SMILES string of the molecule is N#CCCCCC(F)(F)F. The number of hydrogen-bond donors (Lipinski definition) is 0. The molecule has 0 aliphatic carbocycles. The van der Waals surface area contributed by atoms with Gasteiger partial charge in [-0.15, -0.1) is 0 Å². The molecule has 0 unspecified atom stereocenters. The highest BCUT2D eigenvalue weighted by Gasteiger charge is 2.25. The normalized spacial score (nSPS) is 11.0. The second-order valence-electron chi connectivity index (χ2n) is 1.98. The van der Waals surface area contributed by atoms with E-state index >= 15 is 0 Å². The summed E-state index contributed by atoms with van der Waals surface area (Å²) in [5.41, 5.74) is 0. The number of nitriles is 1. The standard InChI is InChI=1S/C6H8F3N/c7-6(8,9)4-2-1-3-5-10/h1-4H2. The fourth-order valence-corrected chi connectivity index (χ4v) is 0.530. The van der Waals surface area contributed by atoms with Crippen LogP contribution in [-0.2, 0) is 0 Å². The van der Waals surface area contributed by atoms with Crippen molar-refractivity contribution in [1.82, 2.24) is 0 Å². The van der Waals surface area contributed by atoms with Crippen LogP contribution in [0.25, 0.3) is 0 Å². The lowest BCUT2D eigenvalue weighted by Crippen LogP contribution is -2.05. The van der Waals surface area contributed by atoms with Gasteiger partial charge in [-0.3, -0.25) is 0 Å². The summed E-state index contributed by atoms with van der Waals surface area (Å²) in [6.07, 6.45) is -4.20. The molecule has 0 aromatic rings.